The molecule has 5 heteroatoms. The van der Waals surface area contributed by atoms with Crippen molar-refractivity contribution in [2.75, 3.05) is 24.2 Å². The van der Waals surface area contributed by atoms with E-state index in [-0.39, 0.29) is 6.73 Å². The van der Waals surface area contributed by atoms with E-state index in [2.05, 4.69) is 116 Å². The van der Waals surface area contributed by atoms with Crippen LogP contribution in [-0.2, 0) is 9.68 Å². The lowest BCUT2D eigenvalue weighted by molar-refractivity contribution is 0.0111. The molecule has 5 nitrogen and oxygen atoms in total. The van der Waals surface area contributed by atoms with Crippen molar-refractivity contribution in [2.45, 2.75) is 27.7 Å². The molecule has 0 aliphatic rings. The van der Waals surface area contributed by atoms with E-state index in [4.69, 9.17) is 9.68 Å². The van der Waals surface area contributed by atoms with Gasteiger partial charge < -0.3 is 9.74 Å². The largest absolute Gasteiger partial charge is 0.310 e. The zero-order valence-corrected chi connectivity index (χ0v) is 22.2. The Morgan fingerprint density at radius 3 is 1.59 bits per heavy atom. The number of nitrogens with one attached hydrogen (secondary N) is 2. The number of aryl methyl sites for hydroxylation is 4. The van der Waals surface area contributed by atoms with Gasteiger partial charge in [-0.15, -0.1) is 0 Å². The van der Waals surface area contributed by atoms with Crippen molar-refractivity contribution in [3.8, 4) is 0 Å². The molecule has 190 valence electrons. The minimum atomic E-state index is 0.249. The molecule has 0 atom stereocenters. The van der Waals surface area contributed by atoms with Crippen LogP contribution in [0.15, 0.2) is 84.9 Å². The molecule has 37 heavy (non-hydrogen) atoms. The fraction of sp³-hybridized carbons (Fsp3) is 0.188. The van der Waals surface area contributed by atoms with Gasteiger partial charge in [-0.05, 0) is 110 Å². The van der Waals surface area contributed by atoms with Crippen molar-refractivity contribution in [3.05, 3.63) is 118 Å². The van der Waals surface area contributed by atoms with Crippen LogP contribution in [-0.4, -0.2) is 13.8 Å². The fourth-order valence-corrected chi connectivity index (χ4v) is 3.97. The molecule has 4 rings (SSSR count). The molecule has 0 spiro atoms. The van der Waals surface area contributed by atoms with Gasteiger partial charge >= 0.3 is 0 Å². The molecule has 0 amide bonds. The minimum absolute atomic E-state index is 0.249. The van der Waals surface area contributed by atoms with Gasteiger partial charge in [-0.1, -0.05) is 48.6 Å². The standard InChI is InChI=1S/C32H35N3O2/c1-23-6-16-31(20-25(23)3)35(32-17-7-24(2)26(4)21-32)30-18-12-28(13-19-30)9-8-27-10-14-29(15-11-27)34-37-22-33-36-5/h6-21,33-34H,22H2,1-5H3. The predicted octanol–water partition coefficient (Wildman–Crippen LogP) is 8.01. The third-order valence-electron chi connectivity index (χ3n) is 6.49. The monoisotopic (exact) mass is 493 g/mol. The van der Waals surface area contributed by atoms with E-state index in [1.807, 2.05) is 24.3 Å². The lowest BCUT2D eigenvalue weighted by Crippen LogP contribution is -2.18. The zero-order chi connectivity index (χ0) is 26.2. The Labute approximate surface area is 220 Å². The fourth-order valence-electron chi connectivity index (χ4n) is 3.97. The van der Waals surface area contributed by atoms with Gasteiger partial charge in [-0.25, -0.2) is 0 Å². The lowest BCUT2D eigenvalue weighted by Gasteiger charge is -2.27. The summed E-state index contributed by atoms with van der Waals surface area (Å²) < 4.78 is 0. The second-order valence-corrected chi connectivity index (χ2v) is 9.16. The molecule has 0 radical (unpaired) electrons. The van der Waals surface area contributed by atoms with Crippen molar-refractivity contribution >= 4 is 34.9 Å². The molecular weight excluding hydrogens is 458 g/mol. The number of benzene rings is 4. The first-order valence-electron chi connectivity index (χ1n) is 12.4. The van der Waals surface area contributed by atoms with Gasteiger partial charge in [0.2, 0.25) is 0 Å². The quantitative estimate of drug-likeness (QED) is 0.101. The second-order valence-electron chi connectivity index (χ2n) is 9.16. The van der Waals surface area contributed by atoms with Crippen LogP contribution in [0.25, 0.3) is 12.2 Å². The molecule has 4 aromatic rings. The number of anilines is 4. The molecule has 0 saturated heterocycles. The number of hydrogen-bond acceptors (Lipinski definition) is 5. The van der Waals surface area contributed by atoms with Crippen LogP contribution in [0.5, 0.6) is 0 Å². The minimum Gasteiger partial charge on any atom is -0.310 e. The summed E-state index contributed by atoms with van der Waals surface area (Å²) in [4.78, 5) is 12.3. The Bertz CT molecular complexity index is 1290. The predicted molar refractivity (Wildman–Crippen MR) is 155 cm³/mol. The van der Waals surface area contributed by atoms with Crippen molar-refractivity contribution in [2.24, 2.45) is 0 Å². The summed E-state index contributed by atoms with van der Waals surface area (Å²) in [5.41, 5.74) is 17.2. The molecule has 0 heterocycles. The van der Waals surface area contributed by atoms with Crippen molar-refractivity contribution in [1.82, 2.24) is 5.48 Å². The zero-order valence-electron chi connectivity index (χ0n) is 22.2. The molecule has 0 aromatic heterocycles. The third-order valence-corrected chi connectivity index (χ3v) is 6.49. The van der Waals surface area contributed by atoms with Crippen LogP contribution < -0.4 is 15.9 Å². The van der Waals surface area contributed by atoms with E-state index in [1.165, 1.54) is 22.3 Å². The van der Waals surface area contributed by atoms with Gasteiger partial charge in [-0.2, -0.15) is 5.48 Å². The summed E-state index contributed by atoms with van der Waals surface area (Å²) in [6, 6.07) is 30.0. The van der Waals surface area contributed by atoms with Gasteiger partial charge in [0.05, 0.1) is 12.8 Å². The molecule has 0 bridgehead atoms. The van der Waals surface area contributed by atoms with Crippen molar-refractivity contribution in [1.29, 1.82) is 0 Å². The summed E-state index contributed by atoms with van der Waals surface area (Å²) >= 11 is 0. The Balaban J connectivity index is 1.53. The first-order chi connectivity index (χ1) is 17.9. The topological polar surface area (TPSA) is 45.8 Å². The number of hydroxylamine groups is 1. The molecule has 0 fully saturated rings. The first kappa shape index (κ1) is 26.2. The summed E-state index contributed by atoms with van der Waals surface area (Å²) in [6.07, 6.45) is 4.23. The third kappa shape index (κ3) is 6.86. The van der Waals surface area contributed by atoms with E-state index >= 15 is 0 Å². The average molecular weight is 494 g/mol. The summed E-state index contributed by atoms with van der Waals surface area (Å²) in [6.45, 7) is 8.88. The highest BCUT2D eigenvalue weighted by atomic mass is 16.7. The maximum absolute atomic E-state index is 5.24. The smallest absolute Gasteiger partial charge is 0.147 e. The van der Waals surface area contributed by atoms with Crippen LogP contribution in [0.4, 0.5) is 22.7 Å². The van der Waals surface area contributed by atoms with Gasteiger partial charge in [0.1, 0.15) is 6.73 Å². The van der Waals surface area contributed by atoms with Gasteiger partial charge in [0.25, 0.3) is 0 Å². The first-order valence-corrected chi connectivity index (χ1v) is 12.4. The van der Waals surface area contributed by atoms with Crippen molar-refractivity contribution in [3.63, 3.8) is 0 Å². The highest BCUT2D eigenvalue weighted by Crippen LogP contribution is 2.36. The molecule has 0 aliphatic carbocycles. The summed E-state index contributed by atoms with van der Waals surface area (Å²) in [7, 11) is 1.55. The van der Waals surface area contributed by atoms with Crippen LogP contribution in [0.3, 0.4) is 0 Å². The van der Waals surface area contributed by atoms with Gasteiger partial charge in [0.15, 0.2) is 0 Å². The molecule has 0 unspecified atom stereocenters. The molecule has 0 aliphatic heterocycles. The Morgan fingerprint density at radius 2 is 1.11 bits per heavy atom. The van der Waals surface area contributed by atoms with E-state index in [1.54, 1.807) is 7.11 Å². The molecule has 0 saturated carbocycles. The SMILES string of the molecule is CONCONc1ccc(C=Cc2ccc(N(c3ccc(C)c(C)c3)c3ccc(C)c(C)c3)cc2)cc1. The van der Waals surface area contributed by atoms with Crippen molar-refractivity contribution < 1.29 is 9.68 Å². The van der Waals surface area contributed by atoms with E-state index < -0.39 is 0 Å². The van der Waals surface area contributed by atoms with Crippen LogP contribution in [0.2, 0.25) is 0 Å². The van der Waals surface area contributed by atoms with E-state index in [0.717, 1.165) is 33.9 Å². The lowest BCUT2D eigenvalue weighted by atomic mass is 10.1. The van der Waals surface area contributed by atoms with Gasteiger partial charge in [0, 0.05) is 17.1 Å². The maximum Gasteiger partial charge on any atom is 0.147 e. The summed E-state index contributed by atoms with van der Waals surface area (Å²) in [5, 5.41) is 0. The van der Waals surface area contributed by atoms with E-state index in [9.17, 15) is 0 Å². The Hall–Kier alpha value is -3.90. The highest BCUT2D eigenvalue weighted by Gasteiger charge is 2.14. The molecular formula is C32H35N3O2. The van der Waals surface area contributed by atoms with Crippen LogP contribution >= 0.6 is 0 Å². The highest BCUT2D eigenvalue weighted by molar-refractivity contribution is 5.79. The number of hydrogen-bond donors (Lipinski definition) is 2. The second kappa shape index (κ2) is 12.4. The maximum atomic E-state index is 5.24. The summed E-state index contributed by atoms with van der Waals surface area (Å²) in [5.74, 6) is 0. The van der Waals surface area contributed by atoms with Gasteiger partial charge in [-0.3, -0.25) is 10.3 Å². The molecule has 2 N–H and O–H groups in total. The van der Waals surface area contributed by atoms with E-state index in [0.29, 0.717) is 0 Å². The Kier molecular flexibility index (Phi) is 8.75. The average Bonchev–Trinajstić information content (AvgIpc) is 2.91. The van der Waals surface area contributed by atoms with Crippen LogP contribution in [0, 0.1) is 27.7 Å². The van der Waals surface area contributed by atoms with Crippen LogP contribution in [0.1, 0.15) is 33.4 Å². The molecule has 4 aromatic carbocycles. The normalized spacial score (nSPS) is 11.2. The number of rotatable bonds is 10. The number of nitrogens with zero attached hydrogens (tertiary/aromatic N) is 1. The Morgan fingerprint density at radius 1 is 0.622 bits per heavy atom.